The van der Waals surface area contributed by atoms with Gasteiger partial charge in [0.25, 0.3) is 10.0 Å². The van der Waals surface area contributed by atoms with Gasteiger partial charge in [-0.3, -0.25) is 9.52 Å². The van der Waals surface area contributed by atoms with Gasteiger partial charge in [-0.2, -0.15) is 0 Å². The van der Waals surface area contributed by atoms with Crippen molar-refractivity contribution in [3.8, 4) is 0 Å². The Morgan fingerprint density at radius 1 is 1.14 bits per heavy atom. The first-order valence-corrected chi connectivity index (χ1v) is 9.89. The fraction of sp³-hybridized carbons (Fsp3) is 0.167. The zero-order chi connectivity index (χ0) is 19.9. The van der Waals surface area contributed by atoms with Crippen LogP contribution >= 0.6 is 0 Å². The number of carbonyl (C=O) groups excluding carboxylic acids is 1. The minimum Gasteiger partial charge on any atom is -0.360 e. The topological polar surface area (TPSA) is 117 Å². The molecule has 0 unspecified atom stereocenters. The van der Waals surface area contributed by atoms with E-state index in [2.05, 4.69) is 20.2 Å². The van der Waals surface area contributed by atoms with Crippen LogP contribution in [0.25, 0.3) is 0 Å². The Kier molecular flexibility index (Phi) is 4.27. The van der Waals surface area contributed by atoms with Crippen LogP contribution < -0.4 is 14.9 Å². The van der Waals surface area contributed by atoms with Gasteiger partial charge in [0.05, 0.1) is 23.2 Å². The molecule has 0 spiro atoms. The molecule has 1 aliphatic heterocycles. The Morgan fingerprint density at radius 2 is 1.96 bits per heavy atom. The van der Waals surface area contributed by atoms with Crippen molar-refractivity contribution in [1.82, 2.24) is 10.1 Å². The number of nitrogens with one attached hydrogen (secondary N) is 2. The van der Waals surface area contributed by atoms with Gasteiger partial charge in [0.1, 0.15) is 11.6 Å². The molecule has 1 amide bonds. The normalized spacial score (nSPS) is 13.5. The Labute approximate surface area is 161 Å². The highest BCUT2D eigenvalue weighted by molar-refractivity contribution is 7.92. The summed E-state index contributed by atoms with van der Waals surface area (Å²) in [5.74, 6) is 1.60. The molecule has 1 aromatic carbocycles. The SMILES string of the molecule is Cc1cc(Nc2ccc(NS(=O)(=O)c3ccc4c(c3)CC(=O)N4C)cn2)no1. The number of likely N-dealkylation sites (N-methyl/N-ethyl adjacent to an activating group) is 1. The first-order valence-electron chi connectivity index (χ1n) is 8.40. The molecule has 0 bridgehead atoms. The lowest BCUT2D eigenvalue weighted by Crippen LogP contribution is -2.20. The van der Waals surface area contributed by atoms with Crippen LogP contribution in [0.4, 0.5) is 23.0 Å². The number of hydrogen-bond donors (Lipinski definition) is 2. The maximum atomic E-state index is 12.7. The van der Waals surface area contributed by atoms with E-state index in [-0.39, 0.29) is 17.2 Å². The van der Waals surface area contributed by atoms with Crippen LogP contribution in [0, 0.1) is 6.92 Å². The summed E-state index contributed by atoms with van der Waals surface area (Å²) in [6.07, 6.45) is 1.59. The van der Waals surface area contributed by atoms with Crippen molar-refractivity contribution in [2.24, 2.45) is 0 Å². The molecule has 28 heavy (non-hydrogen) atoms. The molecule has 1 aliphatic rings. The first kappa shape index (κ1) is 18.0. The molecule has 0 saturated heterocycles. The van der Waals surface area contributed by atoms with Crippen molar-refractivity contribution in [2.75, 3.05) is 22.0 Å². The lowest BCUT2D eigenvalue weighted by molar-refractivity contribution is -0.117. The molecule has 2 aromatic heterocycles. The van der Waals surface area contributed by atoms with Crippen molar-refractivity contribution in [3.63, 3.8) is 0 Å². The van der Waals surface area contributed by atoms with Crippen molar-refractivity contribution in [1.29, 1.82) is 0 Å². The molecule has 0 fully saturated rings. The van der Waals surface area contributed by atoms with Crippen LogP contribution in [-0.4, -0.2) is 31.5 Å². The molecule has 3 heterocycles. The van der Waals surface area contributed by atoms with Crippen molar-refractivity contribution >= 4 is 38.9 Å². The van der Waals surface area contributed by atoms with Gasteiger partial charge in [0.15, 0.2) is 5.82 Å². The highest BCUT2D eigenvalue weighted by Gasteiger charge is 2.26. The average molecular weight is 399 g/mol. The smallest absolute Gasteiger partial charge is 0.261 e. The van der Waals surface area contributed by atoms with E-state index >= 15 is 0 Å². The Bertz CT molecular complexity index is 1150. The van der Waals surface area contributed by atoms with Crippen LogP contribution in [0.5, 0.6) is 0 Å². The van der Waals surface area contributed by atoms with Gasteiger partial charge in [-0.25, -0.2) is 13.4 Å². The minimum atomic E-state index is -3.81. The number of aromatic nitrogens is 2. The summed E-state index contributed by atoms with van der Waals surface area (Å²) in [5, 5.41) is 6.76. The fourth-order valence-electron chi connectivity index (χ4n) is 2.91. The zero-order valence-electron chi connectivity index (χ0n) is 15.1. The summed E-state index contributed by atoms with van der Waals surface area (Å²) in [5.41, 5.74) is 1.73. The summed E-state index contributed by atoms with van der Waals surface area (Å²) in [4.78, 5) is 17.6. The number of aryl methyl sites for hydroxylation is 1. The molecule has 144 valence electrons. The second-order valence-electron chi connectivity index (χ2n) is 6.41. The molecule has 3 aromatic rings. The van der Waals surface area contributed by atoms with E-state index in [1.165, 1.54) is 23.2 Å². The number of nitrogens with zero attached hydrogens (tertiary/aromatic N) is 3. The number of pyridine rings is 1. The Hall–Kier alpha value is -3.40. The molecule has 0 saturated carbocycles. The fourth-order valence-corrected chi connectivity index (χ4v) is 4.01. The standard InChI is InChI=1S/C18H17N5O4S/c1-11-7-17(21-27-11)20-16-6-3-13(10-19-16)22-28(25,26)14-4-5-15-12(8-14)9-18(24)23(15)2/h3-8,10,22H,9H2,1-2H3,(H,19,20,21). The van der Waals surface area contributed by atoms with Gasteiger partial charge in [-0.05, 0) is 42.8 Å². The maximum absolute atomic E-state index is 12.7. The summed E-state index contributed by atoms with van der Waals surface area (Å²) >= 11 is 0. The Morgan fingerprint density at radius 3 is 2.64 bits per heavy atom. The third-order valence-corrected chi connectivity index (χ3v) is 5.72. The van der Waals surface area contributed by atoms with E-state index in [0.717, 1.165) is 5.69 Å². The highest BCUT2D eigenvalue weighted by atomic mass is 32.2. The predicted octanol–water partition coefficient (Wildman–Crippen LogP) is 2.44. The van der Waals surface area contributed by atoms with Crippen LogP contribution in [0.3, 0.4) is 0 Å². The molecular formula is C18H17N5O4S. The molecule has 4 rings (SSSR count). The molecule has 9 nitrogen and oxygen atoms in total. The number of sulfonamides is 1. The van der Waals surface area contributed by atoms with Gasteiger partial charge in [-0.1, -0.05) is 5.16 Å². The van der Waals surface area contributed by atoms with E-state index in [1.54, 1.807) is 38.2 Å². The van der Waals surface area contributed by atoms with E-state index in [0.29, 0.717) is 28.6 Å². The van der Waals surface area contributed by atoms with Gasteiger partial charge in [0, 0.05) is 18.8 Å². The van der Waals surface area contributed by atoms with E-state index in [4.69, 9.17) is 4.52 Å². The van der Waals surface area contributed by atoms with Gasteiger partial charge < -0.3 is 14.7 Å². The third-order valence-electron chi connectivity index (χ3n) is 4.34. The lowest BCUT2D eigenvalue weighted by Gasteiger charge is -2.12. The van der Waals surface area contributed by atoms with Gasteiger partial charge in [0.2, 0.25) is 5.91 Å². The monoisotopic (exact) mass is 399 g/mol. The average Bonchev–Trinajstić information content (AvgIpc) is 3.19. The van der Waals surface area contributed by atoms with Gasteiger partial charge >= 0.3 is 0 Å². The maximum Gasteiger partial charge on any atom is 0.261 e. The molecule has 2 N–H and O–H groups in total. The number of anilines is 4. The minimum absolute atomic E-state index is 0.0629. The number of amides is 1. The third kappa shape index (κ3) is 3.41. The van der Waals surface area contributed by atoms with E-state index in [1.807, 2.05) is 0 Å². The van der Waals surface area contributed by atoms with Crippen LogP contribution in [0.2, 0.25) is 0 Å². The number of benzene rings is 1. The number of fused-ring (bicyclic) bond motifs is 1. The van der Waals surface area contributed by atoms with Crippen LogP contribution in [0.1, 0.15) is 11.3 Å². The predicted molar refractivity (Wildman–Crippen MR) is 103 cm³/mol. The van der Waals surface area contributed by atoms with Crippen molar-refractivity contribution in [3.05, 3.63) is 53.9 Å². The summed E-state index contributed by atoms with van der Waals surface area (Å²) in [7, 11) is -2.14. The van der Waals surface area contributed by atoms with Crippen molar-refractivity contribution < 1.29 is 17.7 Å². The number of carbonyl (C=O) groups is 1. The second kappa shape index (κ2) is 6.64. The largest absolute Gasteiger partial charge is 0.360 e. The van der Waals surface area contributed by atoms with Gasteiger partial charge in [-0.15, -0.1) is 0 Å². The first-order chi connectivity index (χ1) is 13.3. The summed E-state index contributed by atoms with van der Waals surface area (Å²) in [6.45, 7) is 1.77. The van der Waals surface area contributed by atoms with Crippen LogP contribution in [-0.2, 0) is 21.2 Å². The summed E-state index contributed by atoms with van der Waals surface area (Å²) < 4.78 is 32.8. The van der Waals surface area contributed by atoms with E-state index in [9.17, 15) is 13.2 Å². The molecule has 0 radical (unpaired) electrons. The Balaban J connectivity index is 1.50. The summed E-state index contributed by atoms with van der Waals surface area (Å²) in [6, 6.07) is 9.57. The van der Waals surface area contributed by atoms with Crippen molar-refractivity contribution in [2.45, 2.75) is 18.2 Å². The molecular weight excluding hydrogens is 382 g/mol. The second-order valence-corrected chi connectivity index (χ2v) is 8.09. The molecule has 0 atom stereocenters. The quantitative estimate of drug-likeness (QED) is 0.676. The number of rotatable bonds is 5. The molecule has 10 heteroatoms. The lowest BCUT2D eigenvalue weighted by atomic mass is 10.2. The zero-order valence-corrected chi connectivity index (χ0v) is 15.9. The number of hydrogen-bond acceptors (Lipinski definition) is 7. The molecule has 0 aliphatic carbocycles. The van der Waals surface area contributed by atoms with Crippen LogP contribution in [0.15, 0.2) is 52.0 Å². The highest BCUT2D eigenvalue weighted by Crippen LogP contribution is 2.30. The van der Waals surface area contributed by atoms with E-state index < -0.39 is 10.0 Å².